The maximum Gasteiger partial charge on any atom is 0.117 e. The van der Waals surface area contributed by atoms with Gasteiger partial charge in [0.05, 0.1) is 0 Å². The van der Waals surface area contributed by atoms with E-state index in [1.54, 1.807) is 12.1 Å². The molecule has 21 heavy (non-hydrogen) atoms. The number of benzene rings is 3. The van der Waals surface area contributed by atoms with Gasteiger partial charge in [-0.3, -0.25) is 0 Å². The number of aromatic hydroxyl groups is 1. The number of allylic oxidation sites excluding steroid dienone is 1. The quantitative estimate of drug-likeness (QED) is 0.631. The molecule has 3 rings (SSSR count). The van der Waals surface area contributed by atoms with Crippen LogP contribution in [0.4, 0.5) is 0 Å². The average Bonchev–Trinajstić information content (AvgIpc) is 2.50. The second kappa shape index (κ2) is 5.63. The molecule has 0 heterocycles. The van der Waals surface area contributed by atoms with Crippen LogP contribution in [0.3, 0.4) is 0 Å². The summed E-state index contributed by atoms with van der Waals surface area (Å²) in [7, 11) is 0. The lowest BCUT2D eigenvalue weighted by atomic mass is 9.90. The Morgan fingerprint density at radius 3 is 2.43 bits per heavy atom. The van der Waals surface area contributed by atoms with E-state index in [4.69, 9.17) is 11.6 Å². The molecule has 3 aromatic carbocycles. The lowest BCUT2D eigenvalue weighted by Crippen LogP contribution is -1.98. The largest absolute Gasteiger partial charge is 0.508 e. The minimum Gasteiger partial charge on any atom is -0.508 e. The SMILES string of the molecule is C=CC(c1ccc2ccccc2c1)c1ccc(O)cc1Cl. The van der Waals surface area contributed by atoms with Crippen molar-refractivity contribution in [2.24, 2.45) is 0 Å². The zero-order valence-electron chi connectivity index (χ0n) is 11.5. The Morgan fingerprint density at radius 2 is 1.71 bits per heavy atom. The van der Waals surface area contributed by atoms with Gasteiger partial charge in [0.25, 0.3) is 0 Å². The molecule has 0 amide bonds. The Balaban J connectivity index is 2.11. The fourth-order valence-corrected chi connectivity index (χ4v) is 2.90. The van der Waals surface area contributed by atoms with Crippen LogP contribution in [0.15, 0.2) is 73.3 Å². The van der Waals surface area contributed by atoms with Crippen molar-refractivity contribution < 1.29 is 5.11 Å². The smallest absolute Gasteiger partial charge is 0.117 e. The van der Waals surface area contributed by atoms with Gasteiger partial charge in [-0.25, -0.2) is 0 Å². The zero-order valence-corrected chi connectivity index (χ0v) is 12.2. The number of halogens is 1. The molecule has 0 fully saturated rings. The molecule has 1 unspecified atom stereocenters. The monoisotopic (exact) mass is 294 g/mol. The zero-order chi connectivity index (χ0) is 14.8. The summed E-state index contributed by atoms with van der Waals surface area (Å²) in [6, 6.07) is 19.7. The van der Waals surface area contributed by atoms with Crippen molar-refractivity contribution in [1.82, 2.24) is 0 Å². The van der Waals surface area contributed by atoms with Crippen LogP contribution in [0, 0.1) is 0 Å². The number of fused-ring (bicyclic) bond motifs is 1. The number of hydrogen-bond acceptors (Lipinski definition) is 1. The first kappa shape index (κ1) is 13.7. The summed E-state index contributed by atoms with van der Waals surface area (Å²) in [5.74, 6) is 0.174. The number of phenols is 1. The molecule has 0 aliphatic rings. The molecule has 2 heteroatoms. The lowest BCUT2D eigenvalue weighted by Gasteiger charge is -2.16. The Labute approximate surface area is 129 Å². The van der Waals surface area contributed by atoms with Gasteiger partial charge in [-0.1, -0.05) is 66.2 Å². The maximum absolute atomic E-state index is 9.49. The van der Waals surface area contributed by atoms with E-state index in [0.29, 0.717) is 5.02 Å². The number of rotatable bonds is 3. The summed E-state index contributed by atoms with van der Waals surface area (Å²) < 4.78 is 0. The van der Waals surface area contributed by atoms with Gasteiger partial charge < -0.3 is 5.11 Å². The van der Waals surface area contributed by atoms with E-state index >= 15 is 0 Å². The van der Waals surface area contributed by atoms with Gasteiger partial charge in [-0.2, -0.15) is 0 Å². The highest BCUT2D eigenvalue weighted by molar-refractivity contribution is 6.31. The molecule has 0 aromatic heterocycles. The van der Waals surface area contributed by atoms with Gasteiger partial charge in [0, 0.05) is 10.9 Å². The fraction of sp³-hybridized carbons (Fsp3) is 0.0526. The molecule has 104 valence electrons. The second-order valence-corrected chi connectivity index (χ2v) is 5.43. The third kappa shape index (κ3) is 2.65. The molecular formula is C19H15ClO. The standard InChI is InChI=1S/C19H15ClO/c1-2-17(18-10-9-16(21)12-19(18)20)15-8-7-13-5-3-4-6-14(13)11-15/h2-12,17,21H,1H2. The van der Waals surface area contributed by atoms with E-state index < -0.39 is 0 Å². The van der Waals surface area contributed by atoms with Crippen LogP contribution >= 0.6 is 11.6 Å². The molecule has 1 atom stereocenters. The van der Waals surface area contributed by atoms with E-state index in [-0.39, 0.29) is 11.7 Å². The lowest BCUT2D eigenvalue weighted by molar-refractivity contribution is 0.475. The highest BCUT2D eigenvalue weighted by Crippen LogP contribution is 2.34. The summed E-state index contributed by atoms with van der Waals surface area (Å²) in [6.07, 6.45) is 1.88. The van der Waals surface area contributed by atoms with Crippen LogP contribution in [0.1, 0.15) is 17.0 Å². The van der Waals surface area contributed by atoms with Crippen LogP contribution in [0.2, 0.25) is 5.02 Å². The Kier molecular flexibility index (Phi) is 3.68. The fourth-order valence-electron chi connectivity index (χ4n) is 2.61. The highest BCUT2D eigenvalue weighted by atomic mass is 35.5. The van der Waals surface area contributed by atoms with Gasteiger partial charge in [0.15, 0.2) is 0 Å². The van der Waals surface area contributed by atoms with Gasteiger partial charge in [-0.05, 0) is 34.0 Å². The van der Waals surface area contributed by atoms with Gasteiger partial charge in [-0.15, -0.1) is 6.58 Å². The topological polar surface area (TPSA) is 20.2 Å². The molecular weight excluding hydrogens is 280 g/mol. The van der Waals surface area contributed by atoms with Gasteiger partial charge >= 0.3 is 0 Å². The van der Waals surface area contributed by atoms with Crippen LogP contribution in [0.5, 0.6) is 5.75 Å². The molecule has 0 saturated heterocycles. The van der Waals surface area contributed by atoms with E-state index in [0.717, 1.165) is 11.1 Å². The van der Waals surface area contributed by atoms with E-state index in [1.165, 1.54) is 10.8 Å². The number of phenolic OH excluding ortho intramolecular Hbond substituents is 1. The van der Waals surface area contributed by atoms with Crippen molar-refractivity contribution in [3.8, 4) is 5.75 Å². The maximum atomic E-state index is 9.49. The normalized spacial score (nSPS) is 12.2. The van der Waals surface area contributed by atoms with Crippen molar-refractivity contribution in [1.29, 1.82) is 0 Å². The van der Waals surface area contributed by atoms with E-state index in [2.05, 4.69) is 36.9 Å². The van der Waals surface area contributed by atoms with Crippen molar-refractivity contribution in [2.45, 2.75) is 5.92 Å². The highest BCUT2D eigenvalue weighted by Gasteiger charge is 2.14. The molecule has 0 saturated carbocycles. The summed E-state index contributed by atoms with van der Waals surface area (Å²) >= 11 is 6.26. The second-order valence-electron chi connectivity index (χ2n) is 5.03. The molecule has 0 radical (unpaired) electrons. The van der Waals surface area contributed by atoms with Gasteiger partial charge in [0.2, 0.25) is 0 Å². The first-order valence-corrected chi connectivity index (χ1v) is 7.16. The molecule has 0 aliphatic heterocycles. The first-order chi connectivity index (χ1) is 10.2. The average molecular weight is 295 g/mol. The molecule has 1 nitrogen and oxygen atoms in total. The minimum absolute atomic E-state index is 0.00251. The predicted octanol–water partition coefficient (Wildman–Crippen LogP) is 5.52. The van der Waals surface area contributed by atoms with Crippen LogP contribution < -0.4 is 0 Å². The third-order valence-corrected chi connectivity index (χ3v) is 4.01. The van der Waals surface area contributed by atoms with Crippen molar-refractivity contribution >= 4 is 22.4 Å². The van der Waals surface area contributed by atoms with Crippen LogP contribution in [-0.4, -0.2) is 5.11 Å². The molecule has 0 aliphatic carbocycles. The Hall–Kier alpha value is -2.25. The van der Waals surface area contributed by atoms with Crippen molar-refractivity contribution in [3.05, 3.63) is 89.5 Å². The minimum atomic E-state index is 0.00251. The first-order valence-electron chi connectivity index (χ1n) is 6.78. The number of hydrogen-bond donors (Lipinski definition) is 1. The van der Waals surface area contributed by atoms with Gasteiger partial charge in [0.1, 0.15) is 5.75 Å². The van der Waals surface area contributed by atoms with Crippen LogP contribution in [0.25, 0.3) is 10.8 Å². The predicted molar refractivity (Wildman–Crippen MR) is 89.1 cm³/mol. The molecule has 1 N–H and O–H groups in total. The summed E-state index contributed by atoms with van der Waals surface area (Å²) in [5, 5.41) is 12.4. The summed E-state index contributed by atoms with van der Waals surface area (Å²) in [6.45, 7) is 3.94. The molecule has 0 spiro atoms. The summed E-state index contributed by atoms with van der Waals surface area (Å²) in [4.78, 5) is 0. The molecule has 0 bridgehead atoms. The van der Waals surface area contributed by atoms with Crippen LogP contribution in [-0.2, 0) is 0 Å². The molecule has 3 aromatic rings. The Bertz CT molecular complexity index is 808. The van der Waals surface area contributed by atoms with Crippen molar-refractivity contribution in [2.75, 3.05) is 0 Å². The Morgan fingerprint density at radius 1 is 0.952 bits per heavy atom. The summed E-state index contributed by atoms with van der Waals surface area (Å²) in [5.41, 5.74) is 2.08. The third-order valence-electron chi connectivity index (χ3n) is 3.69. The van der Waals surface area contributed by atoms with E-state index in [9.17, 15) is 5.11 Å². The van der Waals surface area contributed by atoms with Crippen molar-refractivity contribution in [3.63, 3.8) is 0 Å². The van der Waals surface area contributed by atoms with E-state index in [1.807, 2.05) is 24.3 Å².